The molecule has 0 aliphatic rings. The highest BCUT2D eigenvalue weighted by Gasteiger charge is 2.12. The quantitative estimate of drug-likeness (QED) is 0.337. The Hall–Kier alpha value is -2.71. The molecule has 0 aliphatic carbocycles. The second-order valence-corrected chi connectivity index (χ2v) is 8.50. The van der Waals surface area contributed by atoms with Gasteiger partial charge in [0.1, 0.15) is 0 Å². The van der Waals surface area contributed by atoms with Crippen LogP contribution in [0.5, 0.6) is 0 Å². The minimum Gasteiger partial charge on any atom is -0.298 e. The standard InChI is InChI=1S/C19H17N3O3S2/c1-12(2)27-16-5-3-4-14(10-16)18(23)21-19-20-17(11-26-19)13-6-8-15(9-7-13)22(24)25/h3-12H,1-2H3,(H,20,21,23). The van der Waals surface area contributed by atoms with Crippen molar-refractivity contribution in [2.75, 3.05) is 5.32 Å². The molecule has 1 aromatic heterocycles. The lowest BCUT2D eigenvalue weighted by molar-refractivity contribution is -0.384. The predicted octanol–water partition coefficient (Wildman–Crippen LogP) is 5.47. The molecule has 0 atom stereocenters. The molecular formula is C19H17N3O3S2. The van der Waals surface area contributed by atoms with Crippen molar-refractivity contribution in [2.24, 2.45) is 0 Å². The summed E-state index contributed by atoms with van der Waals surface area (Å²) in [6.07, 6.45) is 0. The van der Waals surface area contributed by atoms with Crippen molar-refractivity contribution in [1.82, 2.24) is 4.98 Å². The number of non-ortho nitro benzene ring substituents is 1. The molecule has 1 heterocycles. The van der Waals surface area contributed by atoms with E-state index in [1.54, 1.807) is 30.0 Å². The average Bonchev–Trinajstić information content (AvgIpc) is 3.10. The van der Waals surface area contributed by atoms with Crippen LogP contribution in [0.2, 0.25) is 0 Å². The fraction of sp³-hybridized carbons (Fsp3) is 0.158. The number of nitro groups is 1. The van der Waals surface area contributed by atoms with Gasteiger partial charge in [0.2, 0.25) is 0 Å². The van der Waals surface area contributed by atoms with E-state index in [4.69, 9.17) is 0 Å². The van der Waals surface area contributed by atoms with Crippen molar-refractivity contribution < 1.29 is 9.72 Å². The molecule has 138 valence electrons. The van der Waals surface area contributed by atoms with Crippen molar-refractivity contribution in [3.8, 4) is 11.3 Å². The highest BCUT2D eigenvalue weighted by molar-refractivity contribution is 7.99. The van der Waals surface area contributed by atoms with E-state index in [1.165, 1.54) is 23.5 Å². The van der Waals surface area contributed by atoms with Gasteiger partial charge in [0.05, 0.1) is 10.6 Å². The number of thiazole rings is 1. The summed E-state index contributed by atoms with van der Waals surface area (Å²) in [5.74, 6) is -0.217. The fourth-order valence-corrected chi connectivity index (χ4v) is 3.98. The Kier molecular flexibility index (Phi) is 5.88. The first kappa shape index (κ1) is 19.1. The maximum absolute atomic E-state index is 12.5. The van der Waals surface area contributed by atoms with Crippen LogP contribution in [0, 0.1) is 10.1 Å². The van der Waals surface area contributed by atoms with Gasteiger partial charge in [-0.25, -0.2) is 4.98 Å². The van der Waals surface area contributed by atoms with E-state index in [0.717, 1.165) is 10.5 Å². The number of carbonyl (C=O) groups is 1. The minimum absolute atomic E-state index is 0.0293. The van der Waals surface area contributed by atoms with Crippen molar-refractivity contribution in [2.45, 2.75) is 24.0 Å². The molecule has 0 aliphatic heterocycles. The Morgan fingerprint density at radius 2 is 1.96 bits per heavy atom. The van der Waals surface area contributed by atoms with E-state index in [0.29, 0.717) is 21.6 Å². The second-order valence-electron chi connectivity index (χ2n) is 5.99. The minimum atomic E-state index is -0.442. The largest absolute Gasteiger partial charge is 0.298 e. The van der Waals surface area contributed by atoms with Crippen LogP contribution >= 0.6 is 23.1 Å². The number of nitrogens with zero attached hydrogens (tertiary/aromatic N) is 2. The fourth-order valence-electron chi connectivity index (χ4n) is 2.37. The first-order chi connectivity index (χ1) is 12.9. The highest BCUT2D eigenvalue weighted by atomic mass is 32.2. The molecule has 8 heteroatoms. The number of nitrogens with one attached hydrogen (secondary N) is 1. The summed E-state index contributed by atoms with van der Waals surface area (Å²) in [4.78, 5) is 28.2. The molecule has 6 nitrogen and oxygen atoms in total. The summed E-state index contributed by atoms with van der Waals surface area (Å²) in [6.45, 7) is 4.21. The molecular weight excluding hydrogens is 382 g/mol. The van der Waals surface area contributed by atoms with Gasteiger partial charge in [0.15, 0.2) is 5.13 Å². The number of hydrogen-bond donors (Lipinski definition) is 1. The van der Waals surface area contributed by atoms with E-state index in [9.17, 15) is 14.9 Å². The van der Waals surface area contributed by atoms with Gasteiger partial charge in [-0.1, -0.05) is 19.9 Å². The highest BCUT2D eigenvalue weighted by Crippen LogP contribution is 2.27. The SMILES string of the molecule is CC(C)Sc1cccc(C(=O)Nc2nc(-c3ccc([N+](=O)[O-])cc3)cs2)c1. The Morgan fingerprint density at radius 3 is 2.63 bits per heavy atom. The molecule has 27 heavy (non-hydrogen) atoms. The van der Waals surface area contributed by atoms with Crippen LogP contribution in [0.3, 0.4) is 0 Å². The van der Waals surface area contributed by atoms with Crippen LogP contribution < -0.4 is 5.32 Å². The topological polar surface area (TPSA) is 85.1 Å². The van der Waals surface area contributed by atoms with Crippen molar-refractivity contribution in [1.29, 1.82) is 0 Å². The molecule has 0 spiro atoms. The number of amides is 1. The van der Waals surface area contributed by atoms with Crippen LogP contribution in [-0.2, 0) is 0 Å². The van der Waals surface area contributed by atoms with Crippen LogP contribution in [0.25, 0.3) is 11.3 Å². The Labute approximate surface area is 164 Å². The molecule has 0 unspecified atom stereocenters. The molecule has 0 saturated heterocycles. The number of hydrogen-bond acceptors (Lipinski definition) is 6. The zero-order chi connectivity index (χ0) is 19.4. The third-order valence-corrected chi connectivity index (χ3v) is 5.32. The molecule has 3 rings (SSSR count). The number of thioether (sulfide) groups is 1. The van der Waals surface area contributed by atoms with Gasteiger partial charge in [-0.15, -0.1) is 23.1 Å². The lowest BCUT2D eigenvalue weighted by Crippen LogP contribution is -2.11. The van der Waals surface area contributed by atoms with E-state index in [1.807, 2.05) is 23.6 Å². The number of benzene rings is 2. The number of rotatable bonds is 6. The van der Waals surface area contributed by atoms with Gasteiger partial charge < -0.3 is 0 Å². The smallest absolute Gasteiger partial charge is 0.269 e. The zero-order valence-electron chi connectivity index (χ0n) is 14.7. The molecule has 1 amide bonds. The van der Waals surface area contributed by atoms with Gasteiger partial charge in [-0.2, -0.15) is 0 Å². The molecule has 0 radical (unpaired) electrons. The summed E-state index contributed by atoms with van der Waals surface area (Å²) < 4.78 is 0. The van der Waals surface area contributed by atoms with Gasteiger partial charge in [0, 0.05) is 38.8 Å². The molecule has 0 bridgehead atoms. The first-order valence-corrected chi connectivity index (χ1v) is 9.97. The van der Waals surface area contributed by atoms with Crippen LogP contribution in [0.1, 0.15) is 24.2 Å². The van der Waals surface area contributed by atoms with E-state index in [2.05, 4.69) is 24.1 Å². The van der Waals surface area contributed by atoms with Crippen molar-refractivity contribution in [3.05, 3.63) is 69.6 Å². The van der Waals surface area contributed by atoms with Gasteiger partial charge in [-0.3, -0.25) is 20.2 Å². The number of nitro benzene ring substituents is 1. The maximum Gasteiger partial charge on any atom is 0.269 e. The van der Waals surface area contributed by atoms with Gasteiger partial charge >= 0.3 is 0 Å². The Balaban J connectivity index is 1.72. The summed E-state index contributed by atoms with van der Waals surface area (Å²) in [6, 6.07) is 13.6. The number of carbonyl (C=O) groups excluding carboxylic acids is 1. The zero-order valence-corrected chi connectivity index (χ0v) is 16.3. The van der Waals surface area contributed by atoms with Crippen LogP contribution in [0.15, 0.2) is 58.8 Å². The number of aromatic nitrogens is 1. The second kappa shape index (κ2) is 8.32. The maximum atomic E-state index is 12.5. The monoisotopic (exact) mass is 399 g/mol. The third-order valence-electron chi connectivity index (χ3n) is 3.57. The summed E-state index contributed by atoms with van der Waals surface area (Å²) in [7, 11) is 0. The van der Waals surface area contributed by atoms with Crippen molar-refractivity contribution >= 4 is 39.8 Å². The third kappa shape index (κ3) is 4.93. The van der Waals surface area contributed by atoms with Gasteiger partial charge in [-0.05, 0) is 30.3 Å². The summed E-state index contributed by atoms with van der Waals surface area (Å²) in [5.41, 5.74) is 2.02. The molecule has 2 aromatic carbocycles. The van der Waals surface area contributed by atoms with E-state index < -0.39 is 4.92 Å². The normalized spacial score (nSPS) is 10.8. The van der Waals surface area contributed by atoms with Crippen LogP contribution in [-0.4, -0.2) is 21.1 Å². The molecule has 3 aromatic rings. The lowest BCUT2D eigenvalue weighted by atomic mass is 10.1. The summed E-state index contributed by atoms with van der Waals surface area (Å²) in [5, 5.41) is 16.3. The lowest BCUT2D eigenvalue weighted by Gasteiger charge is -2.07. The predicted molar refractivity (Wildman–Crippen MR) is 110 cm³/mol. The van der Waals surface area contributed by atoms with Crippen LogP contribution in [0.4, 0.5) is 10.8 Å². The Morgan fingerprint density at radius 1 is 1.22 bits per heavy atom. The molecule has 0 fully saturated rings. The first-order valence-electron chi connectivity index (χ1n) is 8.21. The number of anilines is 1. The van der Waals surface area contributed by atoms with Gasteiger partial charge in [0.25, 0.3) is 11.6 Å². The van der Waals surface area contributed by atoms with E-state index >= 15 is 0 Å². The summed E-state index contributed by atoms with van der Waals surface area (Å²) >= 11 is 3.01. The molecule has 1 N–H and O–H groups in total. The average molecular weight is 399 g/mol. The molecule has 0 saturated carbocycles. The van der Waals surface area contributed by atoms with E-state index in [-0.39, 0.29) is 11.6 Å². The van der Waals surface area contributed by atoms with Crippen molar-refractivity contribution in [3.63, 3.8) is 0 Å². The Bertz CT molecular complexity index is 968.